The van der Waals surface area contributed by atoms with E-state index < -0.39 is 5.95 Å². The first-order valence-corrected chi connectivity index (χ1v) is 4.33. The smallest absolute Gasteiger partial charge is 0.212 e. The average molecular weight is 202 g/mol. The summed E-state index contributed by atoms with van der Waals surface area (Å²) in [7, 11) is 0. The van der Waals surface area contributed by atoms with Gasteiger partial charge in [-0.3, -0.25) is 9.78 Å². The highest BCUT2D eigenvalue weighted by Crippen LogP contribution is 2.15. The van der Waals surface area contributed by atoms with Crippen LogP contribution >= 0.6 is 0 Å². The van der Waals surface area contributed by atoms with E-state index in [2.05, 4.69) is 9.97 Å². The number of aromatic nitrogens is 2. The molecule has 4 heteroatoms. The van der Waals surface area contributed by atoms with Crippen LogP contribution in [0.4, 0.5) is 4.39 Å². The van der Waals surface area contributed by atoms with Crippen molar-refractivity contribution in [3.8, 4) is 11.3 Å². The lowest BCUT2D eigenvalue weighted by molar-refractivity contribution is 0.112. The van der Waals surface area contributed by atoms with Gasteiger partial charge in [-0.1, -0.05) is 0 Å². The van der Waals surface area contributed by atoms with Gasteiger partial charge < -0.3 is 0 Å². The Hall–Kier alpha value is -2.10. The highest BCUT2D eigenvalue weighted by atomic mass is 19.1. The summed E-state index contributed by atoms with van der Waals surface area (Å²) in [5, 5.41) is 0. The highest BCUT2D eigenvalue weighted by molar-refractivity contribution is 5.75. The molecule has 0 aliphatic carbocycles. The first kappa shape index (κ1) is 9.45. The van der Waals surface area contributed by atoms with Crippen LogP contribution in [0.25, 0.3) is 11.3 Å². The van der Waals surface area contributed by atoms with Gasteiger partial charge in [0.05, 0.1) is 5.69 Å². The van der Waals surface area contributed by atoms with Crippen LogP contribution in [0.2, 0.25) is 0 Å². The molecule has 0 saturated heterocycles. The summed E-state index contributed by atoms with van der Waals surface area (Å²) in [5.41, 5.74) is 1.88. The molecule has 0 aliphatic rings. The molecule has 0 atom stereocenters. The Morgan fingerprint density at radius 3 is 2.47 bits per heavy atom. The van der Waals surface area contributed by atoms with Gasteiger partial charge in [-0.2, -0.15) is 4.39 Å². The van der Waals surface area contributed by atoms with Crippen LogP contribution in [0, 0.1) is 5.95 Å². The minimum absolute atomic E-state index is 0.508. The predicted molar refractivity (Wildman–Crippen MR) is 52.8 cm³/mol. The zero-order valence-corrected chi connectivity index (χ0v) is 7.72. The van der Waals surface area contributed by atoms with Crippen LogP contribution in [0.15, 0.2) is 36.7 Å². The van der Waals surface area contributed by atoms with Gasteiger partial charge in [-0.25, -0.2) is 4.98 Å². The molecule has 0 spiro atoms. The summed E-state index contributed by atoms with van der Waals surface area (Å²) in [6.07, 6.45) is 3.59. The van der Waals surface area contributed by atoms with Crippen molar-refractivity contribution in [3.05, 3.63) is 48.2 Å². The molecule has 0 amide bonds. The van der Waals surface area contributed by atoms with Crippen molar-refractivity contribution in [3.63, 3.8) is 0 Å². The number of carbonyl (C=O) groups is 1. The maximum absolute atomic E-state index is 12.5. The van der Waals surface area contributed by atoms with E-state index in [1.165, 1.54) is 18.5 Å². The second kappa shape index (κ2) is 3.96. The minimum atomic E-state index is -0.525. The molecule has 0 radical (unpaired) electrons. The Kier molecular flexibility index (Phi) is 2.49. The van der Waals surface area contributed by atoms with Gasteiger partial charge in [-0.15, -0.1) is 0 Å². The van der Waals surface area contributed by atoms with E-state index in [0.29, 0.717) is 16.8 Å². The van der Waals surface area contributed by atoms with Crippen LogP contribution in [-0.4, -0.2) is 16.3 Å². The van der Waals surface area contributed by atoms with E-state index in [1.54, 1.807) is 18.2 Å². The van der Waals surface area contributed by atoms with E-state index in [0.717, 1.165) is 6.29 Å². The number of aldehydes is 1. The van der Waals surface area contributed by atoms with Crippen molar-refractivity contribution in [1.29, 1.82) is 0 Å². The fraction of sp³-hybridized carbons (Fsp3) is 0. The summed E-state index contributed by atoms with van der Waals surface area (Å²) < 4.78 is 12.5. The van der Waals surface area contributed by atoms with Crippen molar-refractivity contribution >= 4 is 6.29 Å². The maximum atomic E-state index is 12.5. The topological polar surface area (TPSA) is 42.9 Å². The Morgan fingerprint density at radius 2 is 1.93 bits per heavy atom. The van der Waals surface area contributed by atoms with Crippen molar-refractivity contribution < 1.29 is 9.18 Å². The van der Waals surface area contributed by atoms with Crippen LogP contribution in [0.3, 0.4) is 0 Å². The Morgan fingerprint density at radius 1 is 1.07 bits per heavy atom. The third kappa shape index (κ3) is 2.04. The van der Waals surface area contributed by atoms with E-state index >= 15 is 0 Å². The molecule has 2 aromatic heterocycles. The molecule has 0 bridgehead atoms. The predicted octanol–water partition coefficient (Wildman–Crippen LogP) is 2.10. The number of rotatable bonds is 2. The van der Waals surface area contributed by atoms with E-state index in [4.69, 9.17) is 0 Å². The van der Waals surface area contributed by atoms with Crippen LogP contribution in [0.1, 0.15) is 10.4 Å². The van der Waals surface area contributed by atoms with Gasteiger partial charge in [0.1, 0.15) is 0 Å². The molecule has 3 nitrogen and oxygen atoms in total. The molecule has 15 heavy (non-hydrogen) atoms. The molecule has 2 heterocycles. The fourth-order valence-corrected chi connectivity index (χ4v) is 1.17. The zero-order chi connectivity index (χ0) is 10.7. The first-order valence-electron chi connectivity index (χ1n) is 4.33. The van der Waals surface area contributed by atoms with Gasteiger partial charge in [0.2, 0.25) is 5.95 Å². The minimum Gasteiger partial charge on any atom is -0.298 e. The third-order valence-electron chi connectivity index (χ3n) is 1.95. The second-order valence-electron chi connectivity index (χ2n) is 2.96. The van der Waals surface area contributed by atoms with Crippen LogP contribution in [-0.2, 0) is 0 Å². The first-order chi connectivity index (χ1) is 7.29. The fourth-order valence-electron chi connectivity index (χ4n) is 1.17. The zero-order valence-electron chi connectivity index (χ0n) is 7.72. The highest BCUT2D eigenvalue weighted by Gasteiger charge is 2.00. The van der Waals surface area contributed by atoms with Gasteiger partial charge in [0.25, 0.3) is 0 Å². The molecule has 0 aliphatic heterocycles. The molecule has 2 rings (SSSR count). The Bertz CT molecular complexity index is 465. The Balaban J connectivity index is 2.37. The number of carbonyl (C=O) groups excluding carboxylic acids is 1. The quantitative estimate of drug-likeness (QED) is 0.553. The molecule has 0 N–H and O–H groups in total. The molecule has 0 fully saturated rings. The van der Waals surface area contributed by atoms with Crippen molar-refractivity contribution in [2.24, 2.45) is 0 Å². The maximum Gasteiger partial charge on any atom is 0.212 e. The van der Waals surface area contributed by atoms with Crippen LogP contribution in [0.5, 0.6) is 0 Å². The lowest BCUT2D eigenvalue weighted by atomic mass is 10.2. The average Bonchev–Trinajstić information content (AvgIpc) is 2.30. The third-order valence-corrected chi connectivity index (χ3v) is 1.95. The van der Waals surface area contributed by atoms with Gasteiger partial charge in [0.15, 0.2) is 6.29 Å². The van der Waals surface area contributed by atoms with E-state index in [-0.39, 0.29) is 0 Å². The van der Waals surface area contributed by atoms with Crippen molar-refractivity contribution in [2.45, 2.75) is 0 Å². The summed E-state index contributed by atoms with van der Waals surface area (Å²) in [6, 6.07) is 6.20. The summed E-state index contributed by atoms with van der Waals surface area (Å²) in [5.74, 6) is -0.525. The standard InChI is InChI=1S/C11H7FN2O/c12-11-4-2-9(6-14-11)10-3-1-8(7-15)5-13-10/h1-7H. The number of nitrogens with zero attached hydrogens (tertiary/aromatic N) is 2. The van der Waals surface area contributed by atoms with Crippen LogP contribution < -0.4 is 0 Å². The SMILES string of the molecule is O=Cc1ccc(-c2ccc(F)nc2)nc1. The lowest BCUT2D eigenvalue weighted by Gasteiger charge is -1.99. The number of pyridine rings is 2. The van der Waals surface area contributed by atoms with E-state index in [1.807, 2.05) is 0 Å². The van der Waals surface area contributed by atoms with Gasteiger partial charge in [-0.05, 0) is 24.3 Å². The molecule has 74 valence electrons. The number of halogens is 1. The van der Waals surface area contributed by atoms with E-state index in [9.17, 15) is 9.18 Å². The molecule has 2 aromatic rings. The van der Waals surface area contributed by atoms with Gasteiger partial charge >= 0.3 is 0 Å². The molecule has 0 saturated carbocycles. The second-order valence-corrected chi connectivity index (χ2v) is 2.96. The lowest BCUT2D eigenvalue weighted by Crippen LogP contribution is -1.88. The largest absolute Gasteiger partial charge is 0.298 e. The summed E-state index contributed by atoms with van der Waals surface area (Å²) >= 11 is 0. The molecule has 0 aromatic carbocycles. The molecule has 0 unspecified atom stereocenters. The van der Waals surface area contributed by atoms with Crippen molar-refractivity contribution in [2.75, 3.05) is 0 Å². The number of hydrogen-bond acceptors (Lipinski definition) is 3. The number of hydrogen-bond donors (Lipinski definition) is 0. The Labute approximate surface area is 85.6 Å². The molecular formula is C11H7FN2O. The molecular weight excluding hydrogens is 195 g/mol. The normalized spacial score (nSPS) is 9.93. The summed E-state index contributed by atoms with van der Waals surface area (Å²) in [6.45, 7) is 0. The van der Waals surface area contributed by atoms with Crippen molar-refractivity contribution in [1.82, 2.24) is 9.97 Å². The monoisotopic (exact) mass is 202 g/mol. The summed E-state index contributed by atoms with van der Waals surface area (Å²) in [4.78, 5) is 18.0. The van der Waals surface area contributed by atoms with Gasteiger partial charge in [0, 0.05) is 23.5 Å².